The molecule has 0 aromatic heterocycles. The summed E-state index contributed by atoms with van der Waals surface area (Å²) in [5.41, 5.74) is -2.16. The number of ether oxygens (including phenoxy) is 3. The molecule has 23 nitrogen and oxygen atoms in total. The Morgan fingerprint density at radius 3 is 1.39 bits per heavy atom. The Bertz CT molecular complexity index is 1740. The first-order valence-corrected chi connectivity index (χ1v) is 16.2. The number of rotatable bonds is 13. The van der Waals surface area contributed by atoms with E-state index in [2.05, 4.69) is 0 Å². The van der Waals surface area contributed by atoms with Gasteiger partial charge < -0.3 is 101 Å². The Morgan fingerprint density at radius 2 is 1.04 bits per heavy atom. The number of nitrogens with one attached hydrogen (secondary N) is 2. The van der Waals surface area contributed by atoms with Crippen LogP contribution in [0, 0.1) is 0 Å². The molecule has 12 atom stereocenters. The first-order chi connectivity index (χ1) is 25.9. The average molecular weight is 844 g/mol. The third-order valence-corrected chi connectivity index (χ3v) is 8.91. The van der Waals surface area contributed by atoms with Crippen molar-refractivity contribution in [3.05, 3.63) is 46.5 Å². The first-order valence-electron chi connectivity index (χ1n) is 16.2. The quantitative estimate of drug-likeness (QED) is 0.0506. The number of aliphatic carboxylic acids is 1. The molecule has 2 aromatic rings. The topological polar surface area (TPSA) is 406 Å². The first kappa shape index (κ1) is 46.0. The number of hydrogen-bond acceptors (Lipinski definition) is 21. The van der Waals surface area contributed by atoms with E-state index in [0.29, 0.717) is 0 Å². The van der Waals surface area contributed by atoms with Crippen LogP contribution >= 0.6 is 0 Å². The van der Waals surface area contributed by atoms with Crippen LogP contribution in [0.1, 0.15) is 44.1 Å². The van der Waals surface area contributed by atoms with E-state index in [4.69, 9.17) is 14.2 Å². The Kier molecular flexibility index (Phi) is 15.7. The van der Waals surface area contributed by atoms with Crippen LogP contribution in [-0.4, -0.2) is 177 Å². The van der Waals surface area contributed by atoms with Crippen molar-refractivity contribution in [2.75, 3.05) is 26.4 Å². The van der Waals surface area contributed by atoms with Crippen molar-refractivity contribution < 1.29 is 122 Å². The molecule has 2 aromatic carbocycles. The van der Waals surface area contributed by atoms with Gasteiger partial charge in [-0.1, -0.05) is 0 Å². The number of carboxylic acid groups (broad SMARTS) is 1. The van der Waals surface area contributed by atoms with Crippen molar-refractivity contribution in [1.82, 2.24) is 10.6 Å². The van der Waals surface area contributed by atoms with E-state index in [0.717, 1.165) is 24.3 Å². The molecule has 0 unspecified atom stereocenters. The van der Waals surface area contributed by atoms with Gasteiger partial charge >= 0.3 is 5.97 Å². The minimum Gasteiger partial charge on any atom is -0.548 e. The van der Waals surface area contributed by atoms with Crippen molar-refractivity contribution in [3.63, 3.8) is 0 Å². The fraction of sp³-hybridized carbons (Fsp3) is 0.500. The largest absolute Gasteiger partial charge is 0.548 e. The summed E-state index contributed by atoms with van der Waals surface area (Å²) in [7, 11) is 0. The maximum atomic E-state index is 13.1. The summed E-state index contributed by atoms with van der Waals surface area (Å²) in [6.45, 7) is -4.08. The van der Waals surface area contributed by atoms with Gasteiger partial charge in [-0.15, -0.1) is 0 Å². The zero-order valence-corrected chi connectivity index (χ0v) is 29.6. The Labute approximate surface area is 325 Å². The molecule has 0 aliphatic carbocycles. The van der Waals surface area contributed by atoms with Gasteiger partial charge in [0.2, 0.25) is 0 Å². The fourth-order valence-corrected chi connectivity index (χ4v) is 5.80. The van der Waals surface area contributed by atoms with E-state index >= 15 is 0 Å². The summed E-state index contributed by atoms with van der Waals surface area (Å²) in [6, 6.07) is -0.908. The van der Waals surface area contributed by atoms with Crippen LogP contribution in [0.5, 0.6) is 23.0 Å². The number of amides is 2. The van der Waals surface area contributed by atoms with Crippen molar-refractivity contribution in [2.45, 2.75) is 73.1 Å². The summed E-state index contributed by atoms with van der Waals surface area (Å²) >= 11 is 0. The Hall–Kier alpha value is -4.40. The molecule has 2 saturated heterocycles. The molecule has 4 rings (SSSR count). The van der Waals surface area contributed by atoms with Gasteiger partial charge in [0.25, 0.3) is 11.8 Å². The van der Waals surface area contributed by atoms with Crippen molar-refractivity contribution in [3.8, 4) is 23.0 Å². The SMILES string of the molecule is O=C(N[C@@H](CO)C(=O)OC[C@@H](NC(=O)c1cc([C@@H]2O[C@H](CO)[C@@H](O)[C@H](O)[C@H]2O)cc(O)c1O)C(=O)[O-])c1cc([C@@H]2O[C@H](CO)[C@@H](O)[C@H](O)[C@H]2O)cc(O)c1O.[Fe]. The van der Waals surface area contributed by atoms with Crippen LogP contribution in [-0.2, 0) is 40.9 Å². The second-order valence-corrected chi connectivity index (χ2v) is 12.6. The summed E-state index contributed by atoms with van der Waals surface area (Å²) < 4.78 is 15.6. The van der Waals surface area contributed by atoms with E-state index in [1.165, 1.54) is 0 Å². The summed E-state index contributed by atoms with van der Waals surface area (Å²) in [5.74, 6) is -10.5. The minimum atomic E-state index is -2.21. The number of hydrogen-bond donors (Lipinski definition) is 15. The number of benzene rings is 2. The van der Waals surface area contributed by atoms with Crippen LogP contribution < -0.4 is 15.7 Å². The number of aromatic hydroxyl groups is 4. The number of aliphatic hydroxyl groups excluding tert-OH is 9. The van der Waals surface area contributed by atoms with Gasteiger partial charge in [0.05, 0.1) is 36.9 Å². The maximum absolute atomic E-state index is 13.1. The monoisotopic (exact) mass is 843 g/mol. The number of phenolic OH excluding ortho intramolecular Hbond substituents is 4. The smallest absolute Gasteiger partial charge is 0.331 e. The standard InChI is InChI=1S/C32H40N2O21.Fe/c35-5-13(33-29(48)11-1-9(3-15(38)19(11)40)27-25(46)23(44)21(42)17(6-36)54-27)32(52)53-8-14(31(50)51)34-30(49)12-2-10(4-16(39)20(12)41)28-26(47)24(45)22(43)18(7-37)55-28;/h1-4,13-14,17-18,21-28,35-47H,5-8H2,(H,33,48)(H,34,49)(H,50,51);/p-1/t13-,14+,17+,18+,21+,22+,23-,24-,25+,26+,27-,28-;/m0./s1. The Balaban J connectivity index is 0.00000841. The van der Waals surface area contributed by atoms with Crippen molar-refractivity contribution in [1.29, 1.82) is 0 Å². The van der Waals surface area contributed by atoms with Crippen molar-refractivity contribution in [2.24, 2.45) is 0 Å². The normalized spacial score (nSPS) is 28.6. The predicted octanol–water partition coefficient (Wildman–Crippen LogP) is -7.28. The molecule has 0 saturated carbocycles. The van der Waals surface area contributed by atoms with Crippen molar-refractivity contribution >= 4 is 23.8 Å². The van der Waals surface area contributed by atoms with Gasteiger partial charge in [0, 0.05) is 17.1 Å². The van der Waals surface area contributed by atoms with E-state index in [9.17, 15) is 90.7 Å². The molecule has 2 aliphatic heterocycles. The van der Waals surface area contributed by atoms with Crippen LogP contribution in [0.4, 0.5) is 0 Å². The predicted molar refractivity (Wildman–Crippen MR) is 171 cm³/mol. The number of aliphatic hydroxyl groups is 9. The van der Waals surface area contributed by atoms with Crippen LogP contribution in [0.15, 0.2) is 24.3 Å². The van der Waals surface area contributed by atoms with Gasteiger partial charge in [-0.2, -0.15) is 0 Å². The van der Waals surface area contributed by atoms with Gasteiger partial charge in [0.1, 0.15) is 73.7 Å². The number of phenols is 4. The van der Waals surface area contributed by atoms with E-state index in [-0.39, 0.29) is 28.2 Å². The third kappa shape index (κ3) is 9.58. The summed E-state index contributed by atoms with van der Waals surface area (Å²) in [4.78, 5) is 50.8. The Morgan fingerprint density at radius 1 is 0.643 bits per heavy atom. The van der Waals surface area contributed by atoms with Gasteiger partial charge in [-0.05, 0) is 35.4 Å². The molecule has 312 valence electrons. The molecule has 0 radical (unpaired) electrons. The van der Waals surface area contributed by atoms with Gasteiger partial charge in [-0.25, -0.2) is 4.79 Å². The summed E-state index contributed by atoms with van der Waals surface area (Å²) in [6.07, 6.45) is -16.9. The zero-order chi connectivity index (χ0) is 41.0. The minimum absolute atomic E-state index is 0. The molecule has 2 aliphatic rings. The van der Waals surface area contributed by atoms with Gasteiger partial charge in [-0.3, -0.25) is 9.59 Å². The van der Waals surface area contributed by atoms with Crippen LogP contribution in [0.2, 0.25) is 0 Å². The molecule has 24 heteroatoms. The molecule has 56 heavy (non-hydrogen) atoms. The molecule has 2 amide bonds. The molecular formula is C32H39FeN2O21-. The number of carbonyl (C=O) groups excluding carboxylic acids is 4. The molecule has 0 spiro atoms. The molecule has 15 N–H and O–H groups in total. The second-order valence-electron chi connectivity index (χ2n) is 12.6. The maximum Gasteiger partial charge on any atom is 0.331 e. The second kappa shape index (κ2) is 19.2. The van der Waals surface area contributed by atoms with Crippen LogP contribution in [0.25, 0.3) is 0 Å². The fourth-order valence-electron chi connectivity index (χ4n) is 5.80. The van der Waals surface area contributed by atoms with E-state index in [1.807, 2.05) is 10.6 Å². The molecule has 0 bridgehead atoms. The summed E-state index contributed by atoms with van der Waals surface area (Å²) in [5, 5.41) is 147. The third-order valence-electron chi connectivity index (χ3n) is 8.91. The number of carboxylic acids is 1. The number of carbonyl (C=O) groups is 4. The molecule has 2 heterocycles. The zero-order valence-electron chi connectivity index (χ0n) is 28.5. The van der Waals surface area contributed by atoms with Crippen LogP contribution in [0.3, 0.4) is 0 Å². The molecule has 2 fully saturated rings. The number of esters is 1. The van der Waals surface area contributed by atoms with E-state index in [1.54, 1.807) is 0 Å². The van der Waals surface area contributed by atoms with E-state index < -0.39 is 157 Å². The van der Waals surface area contributed by atoms with Gasteiger partial charge in [0.15, 0.2) is 29.0 Å². The molecular weight excluding hydrogens is 804 g/mol. The average Bonchev–Trinajstić information content (AvgIpc) is 3.15.